The zero-order valence-electron chi connectivity index (χ0n) is 7.64. The fourth-order valence-electron chi connectivity index (χ4n) is 1.81. The van der Waals surface area contributed by atoms with Crippen LogP contribution in [-0.4, -0.2) is 15.9 Å². The van der Waals surface area contributed by atoms with Crippen molar-refractivity contribution in [2.75, 3.05) is 0 Å². The molecule has 0 aromatic carbocycles. The summed E-state index contributed by atoms with van der Waals surface area (Å²) in [6.45, 7) is 3.83. The smallest absolute Gasteiger partial charge is 0.217 e. The van der Waals surface area contributed by atoms with Gasteiger partial charge >= 0.3 is 0 Å². The Morgan fingerprint density at radius 1 is 1.50 bits per heavy atom. The maximum atomic E-state index is 10.8. The van der Waals surface area contributed by atoms with Crippen LogP contribution < -0.4 is 5.32 Å². The molecule has 1 N–H and O–H groups in total. The molecular weight excluding hydrogens is 265 g/mol. The molecule has 0 bridgehead atoms. The van der Waals surface area contributed by atoms with Gasteiger partial charge < -0.3 is 5.32 Å². The Bertz CT molecular complexity index is 172. The number of nitrogens with one attached hydrogen (secondary N) is 1. The van der Waals surface area contributed by atoms with E-state index in [-0.39, 0.29) is 5.91 Å². The Kier molecular flexibility index (Phi) is 3.80. The predicted molar refractivity (Wildman–Crippen MR) is 58.4 cm³/mol. The maximum Gasteiger partial charge on any atom is 0.217 e. The van der Waals surface area contributed by atoms with E-state index < -0.39 is 0 Å². The van der Waals surface area contributed by atoms with Crippen molar-refractivity contribution < 1.29 is 4.79 Å². The van der Waals surface area contributed by atoms with Gasteiger partial charge in [-0.15, -0.1) is 0 Å². The number of alkyl halides is 1. The number of halogens is 1. The Balaban J connectivity index is 2.39. The van der Waals surface area contributed by atoms with E-state index in [1.165, 1.54) is 12.8 Å². The monoisotopic (exact) mass is 281 g/mol. The molecule has 0 aromatic rings. The maximum absolute atomic E-state index is 10.8. The first kappa shape index (κ1) is 10.3. The number of hydrogen-bond acceptors (Lipinski definition) is 1. The van der Waals surface area contributed by atoms with E-state index in [2.05, 4.69) is 34.8 Å². The van der Waals surface area contributed by atoms with Crippen molar-refractivity contribution >= 4 is 28.5 Å². The van der Waals surface area contributed by atoms with Gasteiger partial charge in [-0.25, -0.2) is 0 Å². The van der Waals surface area contributed by atoms with E-state index in [1.54, 1.807) is 6.92 Å². The fraction of sp³-hybridized carbons (Fsp3) is 0.889. The number of amides is 1. The number of hydrogen-bond donors (Lipinski definition) is 1. The first-order chi connectivity index (χ1) is 5.59. The van der Waals surface area contributed by atoms with Crippen LogP contribution in [0.5, 0.6) is 0 Å². The van der Waals surface area contributed by atoms with Crippen LogP contribution >= 0.6 is 22.6 Å². The Labute approximate surface area is 87.6 Å². The van der Waals surface area contributed by atoms with Crippen LogP contribution in [0.3, 0.4) is 0 Å². The first-order valence-corrected chi connectivity index (χ1v) is 5.75. The largest absolute Gasteiger partial charge is 0.353 e. The van der Waals surface area contributed by atoms with E-state index in [0.717, 1.165) is 10.3 Å². The lowest BCUT2D eigenvalue weighted by molar-refractivity contribution is -0.120. The summed E-state index contributed by atoms with van der Waals surface area (Å²) in [5.74, 6) is 0.753. The molecule has 1 aliphatic carbocycles. The molecule has 1 aliphatic rings. The average Bonchev–Trinajstić information content (AvgIpc) is 1.94. The number of rotatable bonds is 1. The van der Waals surface area contributed by atoms with Gasteiger partial charge in [0, 0.05) is 16.9 Å². The van der Waals surface area contributed by atoms with Crippen LogP contribution in [0, 0.1) is 5.92 Å². The lowest BCUT2D eigenvalue weighted by Crippen LogP contribution is -2.41. The van der Waals surface area contributed by atoms with Crippen molar-refractivity contribution in [3.05, 3.63) is 0 Å². The normalized spacial score (nSPS) is 36.1. The Hall–Kier alpha value is 0.200. The summed E-state index contributed by atoms with van der Waals surface area (Å²) in [4.78, 5) is 10.8. The van der Waals surface area contributed by atoms with E-state index in [1.807, 2.05) is 0 Å². The van der Waals surface area contributed by atoms with Crippen LogP contribution in [0.15, 0.2) is 0 Å². The lowest BCUT2D eigenvalue weighted by Gasteiger charge is -2.32. The highest BCUT2D eigenvalue weighted by atomic mass is 127. The quantitative estimate of drug-likeness (QED) is 0.579. The van der Waals surface area contributed by atoms with Gasteiger partial charge in [-0.1, -0.05) is 29.5 Å². The Morgan fingerprint density at radius 3 is 2.67 bits per heavy atom. The van der Waals surface area contributed by atoms with Gasteiger partial charge in [0.2, 0.25) is 5.91 Å². The average molecular weight is 281 g/mol. The number of carbonyl (C=O) groups is 1. The highest BCUT2D eigenvalue weighted by molar-refractivity contribution is 14.1. The molecule has 2 nitrogen and oxygen atoms in total. The van der Waals surface area contributed by atoms with E-state index in [4.69, 9.17) is 0 Å². The van der Waals surface area contributed by atoms with Gasteiger partial charge in [-0.2, -0.15) is 0 Å². The van der Waals surface area contributed by atoms with Gasteiger partial charge in [0.1, 0.15) is 0 Å². The van der Waals surface area contributed by atoms with Crippen molar-refractivity contribution in [2.24, 2.45) is 5.92 Å². The molecule has 0 aliphatic heterocycles. The second-order valence-corrected chi connectivity index (χ2v) is 5.46. The van der Waals surface area contributed by atoms with Crippen LogP contribution in [0.1, 0.15) is 33.1 Å². The first-order valence-electron chi connectivity index (χ1n) is 4.50. The summed E-state index contributed by atoms with van der Waals surface area (Å²) in [5.41, 5.74) is 0. The van der Waals surface area contributed by atoms with Crippen LogP contribution in [0.25, 0.3) is 0 Å². The van der Waals surface area contributed by atoms with E-state index >= 15 is 0 Å². The molecule has 1 rings (SSSR count). The topological polar surface area (TPSA) is 29.1 Å². The summed E-state index contributed by atoms with van der Waals surface area (Å²) in [6, 6.07) is 0.425. The molecule has 0 aromatic heterocycles. The van der Waals surface area contributed by atoms with Gasteiger partial charge in [0.05, 0.1) is 0 Å². The third kappa shape index (κ3) is 2.92. The van der Waals surface area contributed by atoms with E-state index in [0.29, 0.717) is 12.0 Å². The molecule has 3 atom stereocenters. The molecule has 3 heteroatoms. The van der Waals surface area contributed by atoms with Crippen LogP contribution in [-0.2, 0) is 4.79 Å². The Morgan fingerprint density at radius 2 is 2.17 bits per heavy atom. The van der Waals surface area contributed by atoms with Crippen LogP contribution in [0.4, 0.5) is 0 Å². The fourth-order valence-corrected chi connectivity index (χ4v) is 2.97. The summed E-state index contributed by atoms with van der Waals surface area (Å²) in [7, 11) is 0. The lowest BCUT2D eigenvalue weighted by atomic mass is 9.86. The molecule has 0 heterocycles. The van der Waals surface area contributed by atoms with Crippen molar-refractivity contribution in [2.45, 2.75) is 43.1 Å². The minimum absolute atomic E-state index is 0.110. The number of carbonyl (C=O) groups excluding carboxylic acids is 1. The van der Waals surface area contributed by atoms with E-state index in [9.17, 15) is 4.79 Å². The molecule has 1 fully saturated rings. The molecule has 70 valence electrons. The third-order valence-corrected chi connectivity index (χ3v) is 3.63. The summed E-state index contributed by atoms with van der Waals surface area (Å²) in [6.07, 6.45) is 3.63. The van der Waals surface area contributed by atoms with Crippen LogP contribution in [0.2, 0.25) is 0 Å². The molecule has 0 spiro atoms. The standard InChI is InChI=1S/C9H16INO/c1-6-5-8(10)3-4-9(6)11-7(2)12/h6,8-9H,3-5H2,1-2H3,(H,11,12). The zero-order valence-corrected chi connectivity index (χ0v) is 9.80. The van der Waals surface area contributed by atoms with Gasteiger partial charge in [-0.3, -0.25) is 4.79 Å². The molecule has 1 saturated carbocycles. The van der Waals surface area contributed by atoms with Crippen molar-refractivity contribution in [1.29, 1.82) is 0 Å². The highest BCUT2D eigenvalue weighted by Gasteiger charge is 2.26. The summed E-state index contributed by atoms with van der Waals surface area (Å²) >= 11 is 2.50. The minimum Gasteiger partial charge on any atom is -0.353 e. The summed E-state index contributed by atoms with van der Waals surface area (Å²) < 4.78 is 0.808. The van der Waals surface area contributed by atoms with Crippen molar-refractivity contribution in [3.63, 3.8) is 0 Å². The SMILES string of the molecule is CC(=O)NC1CCC(I)CC1C. The highest BCUT2D eigenvalue weighted by Crippen LogP contribution is 2.29. The molecular formula is C9H16INO. The van der Waals surface area contributed by atoms with Crippen molar-refractivity contribution in [1.82, 2.24) is 5.32 Å². The predicted octanol–water partition coefficient (Wildman–Crippen LogP) is 2.11. The third-order valence-electron chi connectivity index (χ3n) is 2.49. The molecule has 1 amide bonds. The molecule has 3 unspecified atom stereocenters. The molecule has 0 saturated heterocycles. The minimum atomic E-state index is 0.110. The van der Waals surface area contributed by atoms with Gasteiger partial charge in [0.15, 0.2) is 0 Å². The zero-order chi connectivity index (χ0) is 9.14. The molecule has 12 heavy (non-hydrogen) atoms. The van der Waals surface area contributed by atoms with Gasteiger partial charge in [-0.05, 0) is 25.2 Å². The molecule has 0 radical (unpaired) electrons. The van der Waals surface area contributed by atoms with Gasteiger partial charge in [0.25, 0.3) is 0 Å². The second kappa shape index (κ2) is 4.44. The second-order valence-electron chi connectivity index (χ2n) is 3.69. The van der Waals surface area contributed by atoms with Crippen molar-refractivity contribution in [3.8, 4) is 0 Å². The summed E-state index contributed by atoms with van der Waals surface area (Å²) in [5, 5.41) is 3.01.